The summed E-state index contributed by atoms with van der Waals surface area (Å²) in [6.45, 7) is 2.59. The zero-order valence-electron chi connectivity index (χ0n) is 20.2. The molecule has 0 spiro atoms. The number of carbonyl (C=O) groups is 1. The fraction of sp³-hybridized carbons (Fsp3) is 0.179. The van der Waals surface area contributed by atoms with Crippen LogP contribution in [-0.2, 0) is 11.2 Å². The van der Waals surface area contributed by atoms with Crippen molar-refractivity contribution in [2.45, 2.75) is 18.5 Å². The molecule has 0 aliphatic carbocycles. The number of amides is 1. The van der Waals surface area contributed by atoms with E-state index in [9.17, 15) is 4.79 Å². The number of benzene rings is 3. The number of carbonyl (C=O) groups excluding carboxylic acids is 1. The summed E-state index contributed by atoms with van der Waals surface area (Å²) in [6.07, 6.45) is 2.66. The van der Waals surface area contributed by atoms with Gasteiger partial charge in [0.15, 0.2) is 11.0 Å². The van der Waals surface area contributed by atoms with E-state index in [2.05, 4.69) is 45.6 Å². The van der Waals surface area contributed by atoms with Crippen molar-refractivity contribution in [3.8, 4) is 22.8 Å². The molecular formula is C28H27N5O2S. The number of ether oxygens (including phenoxy) is 1. The predicted octanol–water partition coefficient (Wildman–Crippen LogP) is 5.18. The summed E-state index contributed by atoms with van der Waals surface area (Å²) < 4.78 is 7.42. The summed E-state index contributed by atoms with van der Waals surface area (Å²) in [4.78, 5) is 16.0. The number of para-hydroxylation sites is 2. The second-order valence-corrected chi connectivity index (χ2v) is 9.37. The summed E-state index contributed by atoms with van der Waals surface area (Å²) in [5.41, 5.74) is 5.16. The Morgan fingerprint density at radius 2 is 1.89 bits per heavy atom. The van der Waals surface area contributed by atoms with Crippen LogP contribution in [0.2, 0.25) is 0 Å². The van der Waals surface area contributed by atoms with Crippen LogP contribution in [0.4, 0.5) is 0 Å². The number of hydrogen-bond acceptors (Lipinski definition) is 5. The third-order valence-corrected chi connectivity index (χ3v) is 6.89. The second kappa shape index (κ2) is 10.7. The Balaban J connectivity index is 1.34. The topological polar surface area (TPSA) is 84.8 Å². The first-order chi connectivity index (χ1) is 17.6. The molecular weight excluding hydrogens is 470 g/mol. The zero-order chi connectivity index (χ0) is 24.9. The lowest BCUT2D eigenvalue weighted by molar-refractivity contribution is -0.118. The van der Waals surface area contributed by atoms with E-state index in [0.29, 0.717) is 18.1 Å². The van der Waals surface area contributed by atoms with Crippen molar-refractivity contribution in [1.29, 1.82) is 0 Å². The average molecular weight is 498 g/mol. The smallest absolute Gasteiger partial charge is 0.230 e. The van der Waals surface area contributed by atoms with Gasteiger partial charge in [-0.1, -0.05) is 60.3 Å². The molecule has 0 radical (unpaired) electrons. The van der Waals surface area contributed by atoms with Gasteiger partial charge in [-0.15, -0.1) is 10.2 Å². The van der Waals surface area contributed by atoms with Gasteiger partial charge in [0.05, 0.1) is 12.9 Å². The van der Waals surface area contributed by atoms with Crippen LogP contribution in [0.1, 0.15) is 11.1 Å². The van der Waals surface area contributed by atoms with E-state index in [1.54, 1.807) is 7.11 Å². The van der Waals surface area contributed by atoms with E-state index in [4.69, 9.17) is 4.74 Å². The minimum absolute atomic E-state index is 0.0534. The van der Waals surface area contributed by atoms with Crippen molar-refractivity contribution in [2.24, 2.45) is 0 Å². The Hall–Kier alpha value is -4.04. The normalized spacial score (nSPS) is 11.1. The van der Waals surface area contributed by atoms with Gasteiger partial charge in [0.1, 0.15) is 5.75 Å². The number of aromatic amines is 1. The molecule has 0 atom stereocenters. The van der Waals surface area contributed by atoms with Gasteiger partial charge in [0.25, 0.3) is 0 Å². The maximum absolute atomic E-state index is 12.6. The molecule has 1 amide bonds. The van der Waals surface area contributed by atoms with E-state index in [1.807, 2.05) is 65.4 Å². The summed E-state index contributed by atoms with van der Waals surface area (Å²) in [5, 5.41) is 13.8. The molecule has 7 nitrogen and oxygen atoms in total. The van der Waals surface area contributed by atoms with Crippen molar-refractivity contribution < 1.29 is 9.53 Å². The number of nitrogens with one attached hydrogen (secondary N) is 2. The Labute approximate surface area is 213 Å². The molecule has 0 saturated carbocycles. The highest BCUT2D eigenvalue weighted by molar-refractivity contribution is 7.99. The average Bonchev–Trinajstić information content (AvgIpc) is 3.52. The summed E-state index contributed by atoms with van der Waals surface area (Å²) in [6, 6.07) is 24.2. The molecule has 3 aromatic carbocycles. The highest BCUT2D eigenvalue weighted by Crippen LogP contribution is 2.32. The van der Waals surface area contributed by atoms with Crippen LogP contribution in [0, 0.1) is 6.92 Å². The quantitative estimate of drug-likeness (QED) is 0.274. The highest BCUT2D eigenvalue weighted by Gasteiger charge is 2.20. The predicted molar refractivity (Wildman–Crippen MR) is 144 cm³/mol. The largest absolute Gasteiger partial charge is 0.496 e. The minimum atomic E-state index is -0.0534. The Bertz CT molecular complexity index is 1510. The molecule has 5 rings (SSSR count). The molecule has 0 aliphatic heterocycles. The summed E-state index contributed by atoms with van der Waals surface area (Å²) in [7, 11) is 1.66. The third kappa shape index (κ3) is 4.99. The number of nitrogens with zero attached hydrogens (tertiary/aromatic N) is 3. The van der Waals surface area contributed by atoms with Crippen LogP contribution >= 0.6 is 11.8 Å². The number of thioether (sulfide) groups is 1. The molecule has 182 valence electrons. The molecule has 2 aromatic heterocycles. The molecule has 0 bridgehead atoms. The number of hydrogen-bond donors (Lipinski definition) is 2. The third-order valence-electron chi connectivity index (χ3n) is 5.96. The van der Waals surface area contributed by atoms with Gasteiger partial charge in [-0.05, 0) is 48.7 Å². The maximum Gasteiger partial charge on any atom is 0.230 e. The summed E-state index contributed by atoms with van der Waals surface area (Å²) in [5.74, 6) is 1.75. The van der Waals surface area contributed by atoms with Gasteiger partial charge in [-0.2, -0.15) is 0 Å². The Kier molecular flexibility index (Phi) is 7.04. The number of aryl methyl sites for hydroxylation is 1. The van der Waals surface area contributed by atoms with Crippen LogP contribution < -0.4 is 10.1 Å². The first-order valence-electron chi connectivity index (χ1n) is 11.7. The van der Waals surface area contributed by atoms with E-state index < -0.39 is 0 Å². The van der Waals surface area contributed by atoms with Crippen molar-refractivity contribution in [3.63, 3.8) is 0 Å². The van der Waals surface area contributed by atoms with Crippen LogP contribution in [0.5, 0.6) is 5.75 Å². The Morgan fingerprint density at radius 3 is 2.75 bits per heavy atom. The van der Waals surface area contributed by atoms with Gasteiger partial charge < -0.3 is 15.0 Å². The van der Waals surface area contributed by atoms with Crippen LogP contribution in [-0.4, -0.2) is 45.1 Å². The first kappa shape index (κ1) is 23.7. The molecule has 2 N–H and O–H groups in total. The molecule has 0 unspecified atom stereocenters. The van der Waals surface area contributed by atoms with Crippen LogP contribution in [0.15, 0.2) is 84.1 Å². The number of rotatable bonds is 9. The molecule has 0 aliphatic rings. The minimum Gasteiger partial charge on any atom is -0.496 e. The number of H-pyrrole nitrogens is 1. The zero-order valence-corrected chi connectivity index (χ0v) is 21.0. The number of fused-ring (bicyclic) bond motifs is 1. The SMILES string of the molecule is COc1ccccc1CCNC(=O)CSc1nnc(-c2c[nH]c3ccccc23)n1-c1cccc(C)c1. The maximum atomic E-state index is 12.6. The standard InChI is InChI=1S/C28H27N5O2S/c1-19-8-7-10-21(16-19)33-27(23-17-30-24-12-5-4-11-22(23)24)31-32-28(33)36-18-26(34)29-15-14-20-9-3-6-13-25(20)35-2/h3-13,16-17,30H,14-15,18H2,1-2H3,(H,29,34). The second-order valence-electron chi connectivity index (χ2n) is 8.43. The van der Waals surface area contributed by atoms with Crippen molar-refractivity contribution in [3.05, 3.63) is 90.1 Å². The molecule has 0 fully saturated rings. The van der Waals surface area contributed by atoms with Gasteiger partial charge in [-0.25, -0.2) is 0 Å². The van der Waals surface area contributed by atoms with Gasteiger partial charge in [0, 0.05) is 34.9 Å². The van der Waals surface area contributed by atoms with E-state index in [1.165, 1.54) is 11.8 Å². The number of methoxy groups -OCH3 is 1. The fourth-order valence-electron chi connectivity index (χ4n) is 4.22. The lowest BCUT2D eigenvalue weighted by Gasteiger charge is -2.11. The van der Waals surface area contributed by atoms with E-state index in [-0.39, 0.29) is 11.7 Å². The van der Waals surface area contributed by atoms with Gasteiger partial charge in [0.2, 0.25) is 5.91 Å². The van der Waals surface area contributed by atoms with E-state index >= 15 is 0 Å². The van der Waals surface area contributed by atoms with Crippen molar-refractivity contribution >= 4 is 28.6 Å². The number of aromatic nitrogens is 4. The van der Waals surface area contributed by atoms with Crippen LogP contribution in [0.25, 0.3) is 28.0 Å². The lowest BCUT2D eigenvalue weighted by atomic mass is 10.1. The molecule has 8 heteroatoms. The molecule has 0 saturated heterocycles. The van der Waals surface area contributed by atoms with Gasteiger partial charge >= 0.3 is 0 Å². The monoisotopic (exact) mass is 497 g/mol. The Morgan fingerprint density at radius 1 is 1.06 bits per heavy atom. The molecule has 5 aromatic rings. The van der Waals surface area contributed by atoms with E-state index in [0.717, 1.165) is 44.9 Å². The molecule has 36 heavy (non-hydrogen) atoms. The fourth-order valence-corrected chi connectivity index (χ4v) is 5.00. The van der Waals surface area contributed by atoms with Crippen molar-refractivity contribution in [1.82, 2.24) is 25.1 Å². The van der Waals surface area contributed by atoms with Crippen molar-refractivity contribution in [2.75, 3.05) is 19.4 Å². The molecule has 2 heterocycles. The lowest BCUT2D eigenvalue weighted by Crippen LogP contribution is -2.27. The van der Waals surface area contributed by atoms with Crippen LogP contribution in [0.3, 0.4) is 0 Å². The highest BCUT2D eigenvalue weighted by atomic mass is 32.2. The summed E-state index contributed by atoms with van der Waals surface area (Å²) >= 11 is 1.38. The first-order valence-corrected chi connectivity index (χ1v) is 12.7. The van der Waals surface area contributed by atoms with Gasteiger partial charge in [-0.3, -0.25) is 9.36 Å².